The fraction of sp³-hybridized carbons (Fsp3) is 0.600. The maximum atomic E-state index is 12.6. The lowest BCUT2D eigenvalue weighted by Gasteiger charge is -2.34. The van der Waals surface area contributed by atoms with Crippen LogP contribution in [0.15, 0.2) is 28.9 Å². The number of hydrogen-bond donors (Lipinski definition) is 2. The Morgan fingerprint density at radius 2 is 1.91 bits per heavy atom. The number of rotatable bonds is 10. The first-order valence-corrected chi connectivity index (χ1v) is 12.0. The van der Waals surface area contributed by atoms with Crippen molar-refractivity contribution < 1.29 is 19.1 Å². The Hall–Kier alpha value is -2.26. The van der Waals surface area contributed by atoms with Crippen molar-refractivity contribution in [1.29, 1.82) is 0 Å². The highest BCUT2D eigenvalue weighted by atomic mass is 16.5. The SMILES string of the molecule is CC(C)COC[C@@H](O)CN1CCN(Cc2nc(C(=O)Nc3ccc4c(c3)CCC4)co2)CC1. The molecule has 8 nitrogen and oxygen atoms in total. The van der Waals surface area contributed by atoms with Gasteiger partial charge in [-0.3, -0.25) is 14.6 Å². The molecule has 2 heterocycles. The van der Waals surface area contributed by atoms with E-state index in [0.29, 0.717) is 43.8 Å². The van der Waals surface area contributed by atoms with E-state index in [1.165, 1.54) is 23.8 Å². The van der Waals surface area contributed by atoms with Gasteiger partial charge in [0.2, 0.25) is 5.89 Å². The molecule has 0 radical (unpaired) electrons. The van der Waals surface area contributed by atoms with E-state index >= 15 is 0 Å². The Kier molecular flexibility index (Phi) is 8.14. The van der Waals surface area contributed by atoms with E-state index in [1.54, 1.807) is 0 Å². The van der Waals surface area contributed by atoms with Crippen LogP contribution >= 0.6 is 0 Å². The molecule has 0 unspecified atom stereocenters. The van der Waals surface area contributed by atoms with Crippen LogP contribution < -0.4 is 5.32 Å². The van der Waals surface area contributed by atoms with Crippen LogP contribution in [0.5, 0.6) is 0 Å². The van der Waals surface area contributed by atoms with Crippen molar-refractivity contribution in [2.24, 2.45) is 5.92 Å². The van der Waals surface area contributed by atoms with E-state index in [9.17, 15) is 9.90 Å². The van der Waals surface area contributed by atoms with Crippen LogP contribution in [-0.2, 0) is 24.1 Å². The summed E-state index contributed by atoms with van der Waals surface area (Å²) in [6.45, 7) is 9.90. The number of aliphatic hydroxyl groups is 1. The minimum atomic E-state index is -0.464. The van der Waals surface area contributed by atoms with Crippen molar-refractivity contribution in [3.05, 3.63) is 47.2 Å². The number of anilines is 1. The topological polar surface area (TPSA) is 91.1 Å². The first kappa shape index (κ1) is 23.9. The Bertz CT molecular complexity index is 921. The number of aliphatic hydroxyl groups excluding tert-OH is 1. The molecule has 0 saturated carbocycles. The fourth-order valence-corrected chi connectivity index (χ4v) is 4.44. The van der Waals surface area contributed by atoms with Crippen molar-refractivity contribution in [1.82, 2.24) is 14.8 Å². The third-order valence-corrected chi connectivity index (χ3v) is 6.19. The number of aromatic nitrogens is 1. The quantitative estimate of drug-likeness (QED) is 0.568. The van der Waals surface area contributed by atoms with Gasteiger partial charge >= 0.3 is 0 Å². The highest BCUT2D eigenvalue weighted by Gasteiger charge is 2.22. The Morgan fingerprint density at radius 1 is 1.15 bits per heavy atom. The number of benzene rings is 1. The molecule has 1 aromatic heterocycles. The summed E-state index contributed by atoms with van der Waals surface area (Å²) in [5, 5.41) is 13.1. The summed E-state index contributed by atoms with van der Waals surface area (Å²) < 4.78 is 11.1. The molecular formula is C25H36N4O4. The number of ether oxygens (including phenoxy) is 1. The van der Waals surface area contributed by atoms with Gasteiger partial charge in [-0.05, 0) is 48.4 Å². The summed E-state index contributed by atoms with van der Waals surface area (Å²) >= 11 is 0. The third kappa shape index (κ3) is 6.86. The normalized spacial score (nSPS) is 17.9. The number of amides is 1. The molecule has 1 fully saturated rings. The number of nitrogens with one attached hydrogen (secondary N) is 1. The molecule has 180 valence electrons. The van der Waals surface area contributed by atoms with E-state index in [2.05, 4.69) is 46.1 Å². The monoisotopic (exact) mass is 456 g/mol. The zero-order chi connectivity index (χ0) is 23.2. The number of nitrogens with zero attached hydrogens (tertiary/aromatic N) is 3. The summed E-state index contributed by atoms with van der Waals surface area (Å²) in [5.41, 5.74) is 3.81. The van der Waals surface area contributed by atoms with Crippen molar-refractivity contribution in [3.63, 3.8) is 0 Å². The Morgan fingerprint density at radius 3 is 2.70 bits per heavy atom. The lowest BCUT2D eigenvalue weighted by Crippen LogP contribution is -2.48. The van der Waals surface area contributed by atoms with Gasteiger partial charge in [-0.15, -0.1) is 0 Å². The van der Waals surface area contributed by atoms with Crippen LogP contribution in [0.2, 0.25) is 0 Å². The molecular weight excluding hydrogens is 420 g/mol. The first-order chi connectivity index (χ1) is 16.0. The second kappa shape index (κ2) is 11.2. The molecule has 8 heteroatoms. The van der Waals surface area contributed by atoms with Gasteiger partial charge in [-0.1, -0.05) is 19.9 Å². The molecule has 1 aromatic carbocycles. The summed E-state index contributed by atoms with van der Waals surface area (Å²) in [6, 6.07) is 6.12. The first-order valence-electron chi connectivity index (χ1n) is 12.0. The summed E-state index contributed by atoms with van der Waals surface area (Å²) in [7, 11) is 0. The van der Waals surface area contributed by atoms with Gasteiger partial charge in [-0.2, -0.15) is 0 Å². The van der Waals surface area contributed by atoms with E-state index in [-0.39, 0.29) is 5.91 Å². The molecule has 1 aliphatic heterocycles. The van der Waals surface area contributed by atoms with Crippen LogP contribution in [0.1, 0.15) is 47.8 Å². The number of carbonyl (C=O) groups is 1. The molecule has 4 rings (SSSR count). The predicted octanol–water partition coefficient (Wildman–Crippen LogP) is 2.57. The molecule has 0 bridgehead atoms. The van der Waals surface area contributed by atoms with Crippen LogP contribution in [0.25, 0.3) is 0 Å². The number of hydrogen-bond acceptors (Lipinski definition) is 7. The van der Waals surface area contributed by atoms with Crippen LogP contribution in [-0.4, -0.2) is 77.8 Å². The van der Waals surface area contributed by atoms with Gasteiger partial charge in [0, 0.05) is 45.0 Å². The molecule has 1 aliphatic carbocycles. The molecule has 2 aliphatic rings. The number of oxazole rings is 1. The number of aryl methyl sites for hydroxylation is 2. The van der Waals surface area contributed by atoms with E-state index < -0.39 is 6.10 Å². The Balaban J connectivity index is 1.20. The smallest absolute Gasteiger partial charge is 0.277 e. The van der Waals surface area contributed by atoms with Crippen molar-refractivity contribution in [3.8, 4) is 0 Å². The lowest BCUT2D eigenvalue weighted by molar-refractivity contribution is -0.000850. The molecule has 1 atom stereocenters. The summed E-state index contributed by atoms with van der Waals surface area (Å²) in [6.07, 6.45) is 4.35. The molecule has 1 saturated heterocycles. The minimum Gasteiger partial charge on any atom is -0.447 e. The maximum Gasteiger partial charge on any atom is 0.277 e. The largest absolute Gasteiger partial charge is 0.447 e. The highest BCUT2D eigenvalue weighted by molar-refractivity contribution is 6.02. The standard InChI is InChI=1S/C25H36N4O4/c1-18(2)15-32-16-22(30)13-28-8-10-29(11-9-28)14-24-27-23(17-33-24)25(31)26-21-7-6-19-4-3-5-20(19)12-21/h6-7,12,17-18,22,30H,3-5,8-11,13-16H2,1-2H3,(H,26,31)/t22-/m0/s1. The van der Waals surface area contributed by atoms with Gasteiger partial charge in [0.1, 0.15) is 6.26 Å². The highest BCUT2D eigenvalue weighted by Crippen LogP contribution is 2.25. The zero-order valence-electron chi connectivity index (χ0n) is 19.8. The summed E-state index contributed by atoms with van der Waals surface area (Å²) in [4.78, 5) is 21.5. The molecule has 2 aromatic rings. The predicted molar refractivity (Wildman–Crippen MR) is 126 cm³/mol. The van der Waals surface area contributed by atoms with Gasteiger partial charge < -0.3 is 19.6 Å². The average molecular weight is 457 g/mol. The zero-order valence-corrected chi connectivity index (χ0v) is 19.8. The minimum absolute atomic E-state index is 0.249. The van der Waals surface area contributed by atoms with Gasteiger partial charge in [0.25, 0.3) is 5.91 Å². The number of β-amino-alcohol motifs (C(OH)–C–C–N with tert-alkyl or cyclic N) is 1. The van der Waals surface area contributed by atoms with E-state index in [0.717, 1.165) is 44.7 Å². The van der Waals surface area contributed by atoms with Gasteiger partial charge in [-0.25, -0.2) is 4.98 Å². The van der Waals surface area contributed by atoms with Crippen LogP contribution in [0.4, 0.5) is 5.69 Å². The van der Waals surface area contributed by atoms with Crippen molar-refractivity contribution in [2.75, 3.05) is 51.3 Å². The second-order valence-corrected chi connectivity index (χ2v) is 9.58. The van der Waals surface area contributed by atoms with Crippen molar-refractivity contribution >= 4 is 11.6 Å². The summed E-state index contributed by atoms with van der Waals surface area (Å²) in [5.74, 6) is 0.771. The molecule has 0 spiro atoms. The number of piperazine rings is 1. The van der Waals surface area contributed by atoms with E-state index in [4.69, 9.17) is 9.15 Å². The van der Waals surface area contributed by atoms with Crippen molar-refractivity contribution in [2.45, 2.75) is 45.8 Å². The number of carbonyl (C=O) groups excluding carboxylic acids is 1. The average Bonchev–Trinajstić information content (AvgIpc) is 3.44. The third-order valence-electron chi connectivity index (χ3n) is 6.19. The molecule has 2 N–H and O–H groups in total. The lowest BCUT2D eigenvalue weighted by atomic mass is 10.1. The van der Waals surface area contributed by atoms with Crippen LogP contribution in [0.3, 0.4) is 0 Å². The fourth-order valence-electron chi connectivity index (χ4n) is 4.44. The molecule has 1 amide bonds. The maximum absolute atomic E-state index is 12.6. The van der Waals surface area contributed by atoms with Gasteiger partial charge in [0.05, 0.1) is 19.3 Å². The Labute approximate surface area is 195 Å². The number of fused-ring (bicyclic) bond motifs is 1. The van der Waals surface area contributed by atoms with Gasteiger partial charge in [0.15, 0.2) is 5.69 Å². The van der Waals surface area contributed by atoms with Crippen LogP contribution in [0, 0.1) is 5.92 Å². The van der Waals surface area contributed by atoms with E-state index in [1.807, 2.05) is 6.07 Å². The molecule has 33 heavy (non-hydrogen) atoms. The second-order valence-electron chi connectivity index (χ2n) is 9.58.